The molecule has 1 heterocycles. The molecule has 0 saturated heterocycles. The van der Waals surface area contributed by atoms with Gasteiger partial charge < -0.3 is 15.0 Å². The van der Waals surface area contributed by atoms with Gasteiger partial charge in [-0.25, -0.2) is 4.79 Å². The van der Waals surface area contributed by atoms with Crippen molar-refractivity contribution < 1.29 is 19.4 Å². The third kappa shape index (κ3) is 5.83. The molecule has 5 rings (SSSR count). The van der Waals surface area contributed by atoms with Crippen LogP contribution in [-0.4, -0.2) is 22.4 Å². The number of anilines is 2. The summed E-state index contributed by atoms with van der Waals surface area (Å²) >= 11 is 0. The van der Waals surface area contributed by atoms with Crippen LogP contribution in [0.3, 0.4) is 0 Å². The maximum absolute atomic E-state index is 13.8. The fraction of sp³-hybridized carbons (Fsp3) is 0.156. The Hall–Kier alpha value is -5.51. The van der Waals surface area contributed by atoms with Gasteiger partial charge in [0.05, 0.1) is 34.1 Å². The highest BCUT2D eigenvalue weighted by Crippen LogP contribution is 2.48. The van der Waals surface area contributed by atoms with Gasteiger partial charge in [-0.05, 0) is 54.4 Å². The number of rotatable bonds is 9. The van der Waals surface area contributed by atoms with E-state index in [0.29, 0.717) is 23.3 Å². The van der Waals surface area contributed by atoms with Crippen LogP contribution in [0.15, 0.2) is 120 Å². The molecule has 0 bridgehead atoms. The maximum atomic E-state index is 13.8. The maximum Gasteiger partial charge on any atom is 0.338 e. The zero-order valence-electron chi connectivity index (χ0n) is 22.8. The van der Waals surface area contributed by atoms with Crippen molar-refractivity contribution in [1.82, 2.24) is 0 Å². The minimum Gasteiger partial charge on any atom is -0.463 e. The summed E-state index contributed by atoms with van der Waals surface area (Å²) in [5.41, 5.74) is 3.90. The fourth-order valence-electron chi connectivity index (χ4n) is 5.27. The number of para-hydroxylation sites is 2. The van der Waals surface area contributed by atoms with Gasteiger partial charge in [-0.1, -0.05) is 48.5 Å². The van der Waals surface area contributed by atoms with Crippen LogP contribution in [0.5, 0.6) is 0 Å². The van der Waals surface area contributed by atoms with Crippen molar-refractivity contribution in [2.24, 2.45) is 0 Å². The van der Waals surface area contributed by atoms with Crippen molar-refractivity contribution in [2.45, 2.75) is 25.4 Å². The van der Waals surface area contributed by atoms with Gasteiger partial charge in [0, 0.05) is 47.8 Å². The summed E-state index contributed by atoms with van der Waals surface area (Å²) in [5, 5.41) is 26.3. The van der Waals surface area contributed by atoms with Crippen LogP contribution in [0.4, 0.5) is 22.7 Å². The Balaban J connectivity index is 1.77. The number of carbonyl (C=O) groups excluding carboxylic acids is 1. The number of ether oxygens (including phenoxy) is 1. The molecule has 42 heavy (non-hydrogen) atoms. The number of nitro benzene ring substituents is 2. The number of benzene rings is 4. The number of esters is 1. The predicted molar refractivity (Wildman–Crippen MR) is 159 cm³/mol. The zero-order valence-corrected chi connectivity index (χ0v) is 22.8. The molecule has 4 aromatic carbocycles. The van der Waals surface area contributed by atoms with Crippen LogP contribution in [-0.2, 0) is 9.53 Å². The molecule has 0 aromatic heterocycles. The molecule has 2 unspecified atom stereocenters. The van der Waals surface area contributed by atoms with Crippen molar-refractivity contribution in [1.29, 1.82) is 0 Å². The molecule has 1 N–H and O–H groups in total. The lowest BCUT2D eigenvalue weighted by Gasteiger charge is -2.45. The Morgan fingerprint density at radius 1 is 0.810 bits per heavy atom. The molecule has 2 atom stereocenters. The van der Waals surface area contributed by atoms with E-state index in [4.69, 9.17) is 4.74 Å². The van der Waals surface area contributed by atoms with E-state index in [-0.39, 0.29) is 24.0 Å². The average molecular weight is 565 g/mol. The molecule has 1 aliphatic rings. The average Bonchev–Trinajstić information content (AvgIpc) is 3.01. The first-order valence-corrected chi connectivity index (χ1v) is 13.4. The van der Waals surface area contributed by atoms with Crippen molar-refractivity contribution in [2.75, 3.05) is 16.8 Å². The lowest BCUT2D eigenvalue weighted by atomic mass is 9.84. The van der Waals surface area contributed by atoms with E-state index in [1.807, 2.05) is 60.7 Å². The van der Waals surface area contributed by atoms with Gasteiger partial charge >= 0.3 is 5.97 Å². The summed E-state index contributed by atoms with van der Waals surface area (Å²) in [6, 6.07) is 30.4. The highest BCUT2D eigenvalue weighted by atomic mass is 16.6. The topological polar surface area (TPSA) is 128 Å². The van der Waals surface area contributed by atoms with Gasteiger partial charge in [-0.15, -0.1) is 0 Å². The second-order valence-electron chi connectivity index (χ2n) is 9.67. The number of nitrogens with one attached hydrogen (secondary N) is 1. The molecule has 0 aliphatic carbocycles. The van der Waals surface area contributed by atoms with Gasteiger partial charge in [-0.3, -0.25) is 20.2 Å². The molecular weight excluding hydrogens is 536 g/mol. The standard InChI is InChI=1S/C32H28N4O6/c1-2-42-32(37)30-28(33-24-9-5-3-6-10-24)21-29(22-13-17-26(18-14-22)35(38)39)34(25-11-7-4-8-12-25)31(30)23-15-19-27(20-16-23)36(40)41/h3-20,29,31,33H,2,21H2,1H3. The molecule has 0 amide bonds. The Morgan fingerprint density at radius 3 is 1.86 bits per heavy atom. The summed E-state index contributed by atoms with van der Waals surface area (Å²) in [5.74, 6) is -0.512. The summed E-state index contributed by atoms with van der Waals surface area (Å²) in [6.45, 7) is 1.90. The molecule has 0 radical (unpaired) electrons. The highest BCUT2D eigenvalue weighted by Gasteiger charge is 2.42. The second kappa shape index (κ2) is 12.3. The third-order valence-corrected chi connectivity index (χ3v) is 7.14. The van der Waals surface area contributed by atoms with Gasteiger partial charge in [0.15, 0.2) is 0 Å². The Bertz CT molecular complexity index is 1610. The number of nitrogens with zero attached hydrogens (tertiary/aromatic N) is 3. The fourth-order valence-corrected chi connectivity index (χ4v) is 5.27. The molecule has 10 heteroatoms. The highest BCUT2D eigenvalue weighted by molar-refractivity contribution is 5.93. The monoisotopic (exact) mass is 564 g/mol. The molecule has 212 valence electrons. The number of hydrogen-bond donors (Lipinski definition) is 1. The number of nitro groups is 2. The minimum absolute atomic E-state index is 0.0295. The van der Waals surface area contributed by atoms with E-state index in [9.17, 15) is 25.0 Å². The SMILES string of the molecule is CCOC(=O)C1=C(Nc2ccccc2)CC(c2ccc([N+](=O)[O-])cc2)N(c2ccccc2)C1c1ccc([N+](=O)[O-])cc1. The second-order valence-corrected chi connectivity index (χ2v) is 9.67. The number of carbonyl (C=O) groups is 1. The first kappa shape index (κ1) is 28.0. The van der Waals surface area contributed by atoms with E-state index in [2.05, 4.69) is 10.2 Å². The number of hydrogen-bond acceptors (Lipinski definition) is 8. The van der Waals surface area contributed by atoms with Crippen LogP contribution in [0, 0.1) is 20.2 Å². The third-order valence-electron chi connectivity index (χ3n) is 7.14. The molecule has 10 nitrogen and oxygen atoms in total. The molecule has 4 aromatic rings. The van der Waals surface area contributed by atoms with E-state index in [1.54, 1.807) is 31.2 Å². The van der Waals surface area contributed by atoms with E-state index < -0.39 is 21.9 Å². The lowest BCUT2D eigenvalue weighted by molar-refractivity contribution is -0.385. The number of non-ortho nitro benzene ring substituents is 2. The van der Waals surface area contributed by atoms with Gasteiger partial charge in [0.1, 0.15) is 0 Å². The van der Waals surface area contributed by atoms with E-state index in [0.717, 1.165) is 16.9 Å². The van der Waals surface area contributed by atoms with E-state index in [1.165, 1.54) is 24.3 Å². The van der Waals surface area contributed by atoms with Crippen LogP contribution in [0.1, 0.15) is 36.6 Å². The first-order chi connectivity index (χ1) is 20.4. The molecule has 0 saturated carbocycles. The van der Waals surface area contributed by atoms with E-state index >= 15 is 0 Å². The summed E-state index contributed by atoms with van der Waals surface area (Å²) in [7, 11) is 0. The molecule has 0 spiro atoms. The van der Waals surface area contributed by atoms with Crippen LogP contribution in [0.2, 0.25) is 0 Å². The Kier molecular flexibility index (Phi) is 8.24. The van der Waals surface area contributed by atoms with Crippen molar-refractivity contribution in [3.05, 3.63) is 152 Å². The summed E-state index contributed by atoms with van der Waals surface area (Å²) < 4.78 is 5.58. The quantitative estimate of drug-likeness (QED) is 0.129. The predicted octanol–water partition coefficient (Wildman–Crippen LogP) is 7.13. The lowest BCUT2D eigenvalue weighted by Crippen LogP contribution is -2.41. The summed E-state index contributed by atoms with van der Waals surface area (Å²) in [4.78, 5) is 37.8. The smallest absolute Gasteiger partial charge is 0.338 e. The largest absolute Gasteiger partial charge is 0.463 e. The van der Waals surface area contributed by atoms with Crippen LogP contribution >= 0.6 is 0 Å². The van der Waals surface area contributed by atoms with Gasteiger partial charge in [0.2, 0.25) is 0 Å². The van der Waals surface area contributed by atoms with Crippen LogP contribution in [0.25, 0.3) is 0 Å². The summed E-state index contributed by atoms with van der Waals surface area (Å²) in [6.07, 6.45) is 0.346. The molecular formula is C32H28N4O6. The van der Waals surface area contributed by atoms with Crippen molar-refractivity contribution in [3.63, 3.8) is 0 Å². The normalized spacial score (nSPS) is 16.5. The van der Waals surface area contributed by atoms with Gasteiger partial charge in [-0.2, -0.15) is 0 Å². The Morgan fingerprint density at radius 2 is 1.33 bits per heavy atom. The van der Waals surface area contributed by atoms with Crippen LogP contribution < -0.4 is 10.2 Å². The zero-order chi connectivity index (χ0) is 29.6. The van der Waals surface area contributed by atoms with Gasteiger partial charge in [0.25, 0.3) is 11.4 Å². The van der Waals surface area contributed by atoms with Crippen molar-refractivity contribution in [3.8, 4) is 0 Å². The molecule has 1 aliphatic heterocycles. The Labute approximate surface area is 242 Å². The van der Waals surface area contributed by atoms with Crippen molar-refractivity contribution >= 4 is 28.7 Å². The minimum atomic E-state index is -0.715. The molecule has 0 fully saturated rings. The first-order valence-electron chi connectivity index (χ1n) is 13.4.